The standard InChI is InChI=1S/C21H21NO3/c1-4-11-22-18-8-6-5-7-17(18)21(25,20(22)24)13-19(23)16-12-14(2)9-10-15(16)3/h4-10,12,25H,1,11,13H2,2-3H3. The Labute approximate surface area is 147 Å². The minimum atomic E-state index is -1.84. The van der Waals surface area contributed by atoms with Crippen LogP contribution in [0.2, 0.25) is 0 Å². The van der Waals surface area contributed by atoms with Crippen molar-refractivity contribution in [2.24, 2.45) is 0 Å². The van der Waals surface area contributed by atoms with Gasteiger partial charge in [-0.25, -0.2) is 0 Å². The second-order valence-corrected chi connectivity index (χ2v) is 6.50. The summed E-state index contributed by atoms with van der Waals surface area (Å²) >= 11 is 0. The van der Waals surface area contributed by atoms with E-state index in [-0.39, 0.29) is 18.7 Å². The Morgan fingerprint density at radius 1 is 1.24 bits per heavy atom. The lowest BCUT2D eigenvalue weighted by molar-refractivity contribution is -0.135. The summed E-state index contributed by atoms with van der Waals surface area (Å²) in [5.41, 5.74) is 1.60. The molecule has 0 aliphatic carbocycles. The van der Waals surface area contributed by atoms with Crippen LogP contribution in [0.15, 0.2) is 55.1 Å². The number of nitrogens with zero attached hydrogens (tertiary/aromatic N) is 1. The molecule has 1 atom stereocenters. The van der Waals surface area contributed by atoms with Gasteiger partial charge >= 0.3 is 0 Å². The molecule has 0 saturated carbocycles. The molecule has 1 amide bonds. The van der Waals surface area contributed by atoms with Crippen molar-refractivity contribution in [2.45, 2.75) is 25.9 Å². The quantitative estimate of drug-likeness (QED) is 0.674. The highest BCUT2D eigenvalue weighted by molar-refractivity contribution is 6.11. The van der Waals surface area contributed by atoms with Crippen molar-refractivity contribution >= 4 is 17.4 Å². The van der Waals surface area contributed by atoms with Crippen molar-refractivity contribution in [3.05, 3.63) is 77.4 Å². The molecule has 1 aliphatic rings. The third-order valence-electron chi connectivity index (χ3n) is 4.66. The average Bonchev–Trinajstić information content (AvgIpc) is 2.80. The van der Waals surface area contributed by atoms with E-state index in [1.807, 2.05) is 26.0 Å². The zero-order valence-corrected chi connectivity index (χ0v) is 14.5. The van der Waals surface area contributed by atoms with E-state index in [1.54, 1.807) is 36.4 Å². The molecule has 1 unspecified atom stereocenters. The van der Waals surface area contributed by atoms with Crippen molar-refractivity contribution in [1.82, 2.24) is 0 Å². The number of aryl methyl sites for hydroxylation is 2. The van der Waals surface area contributed by atoms with Gasteiger partial charge < -0.3 is 10.0 Å². The molecule has 25 heavy (non-hydrogen) atoms. The molecule has 0 aromatic heterocycles. The largest absolute Gasteiger partial charge is 0.375 e. The number of carbonyl (C=O) groups excluding carboxylic acids is 2. The number of hydrogen-bond acceptors (Lipinski definition) is 3. The first-order valence-electron chi connectivity index (χ1n) is 8.23. The smallest absolute Gasteiger partial charge is 0.264 e. The van der Waals surface area contributed by atoms with E-state index < -0.39 is 11.5 Å². The fraction of sp³-hybridized carbons (Fsp3) is 0.238. The monoisotopic (exact) mass is 335 g/mol. The van der Waals surface area contributed by atoms with Crippen LogP contribution < -0.4 is 4.90 Å². The maximum absolute atomic E-state index is 12.9. The average molecular weight is 335 g/mol. The van der Waals surface area contributed by atoms with Crippen molar-refractivity contribution in [1.29, 1.82) is 0 Å². The summed E-state index contributed by atoms with van der Waals surface area (Å²) in [6.07, 6.45) is 1.33. The molecular weight excluding hydrogens is 314 g/mol. The number of anilines is 1. The van der Waals surface area contributed by atoms with Crippen molar-refractivity contribution in [2.75, 3.05) is 11.4 Å². The van der Waals surface area contributed by atoms with Crippen LogP contribution in [0.4, 0.5) is 5.69 Å². The summed E-state index contributed by atoms with van der Waals surface area (Å²) in [6, 6.07) is 12.7. The number of hydrogen-bond donors (Lipinski definition) is 1. The number of rotatable bonds is 5. The Bertz CT molecular complexity index is 871. The summed E-state index contributed by atoms with van der Waals surface area (Å²) < 4.78 is 0. The Balaban J connectivity index is 2.01. The highest BCUT2D eigenvalue weighted by Gasteiger charge is 2.50. The second kappa shape index (κ2) is 6.30. The van der Waals surface area contributed by atoms with Crippen LogP contribution in [0.3, 0.4) is 0 Å². The molecule has 0 saturated heterocycles. The Kier molecular flexibility index (Phi) is 4.31. The van der Waals surface area contributed by atoms with E-state index >= 15 is 0 Å². The number of para-hydroxylation sites is 1. The maximum Gasteiger partial charge on any atom is 0.264 e. The van der Waals surface area contributed by atoms with Gasteiger partial charge in [-0.2, -0.15) is 0 Å². The van der Waals surface area contributed by atoms with Gasteiger partial charge in [-0.1, -0.05) is 42.0 Å². The molecule has 0 spiro atoms. The summed E-state index contributed by atoms with van der Waals surface area (Å²) in [5.74, 6) is -0.723. The molecule has 4 nitrogen and oxygen atoms in total. The fourth-order valence-corrected chi connectivity index (χ4v) is 3.35. The van der Waals surface area contributed by atoms with Gasteiger partial charge in [0.05, 0.1) is 12.1 Å². The molecule has 3 rings (SSSR count). The first kappa shape index (κ1) is 17.1. The van der Waals surface area contributed by atoms with E-state index in [4.69, 9.17) is 0 Å². The number of fused-ring (bicyclic) bond motifs is 1. The second-order valence-electron chi connectivity index (χ2n) is 6.50. The molecule has 2 aromatic carbocycles. The van der Waals surface area contributed by atoms with Crippen LogP contribution in [0.25, 0.3) is 0 Å². The lowest BCUT2D eigenvalue weighted by Gasteiger charge is -2.22. The van der Waals surface area contributed by atoms with Gasteiger partial charge in [-0.05, 0) is 31.5 Å². The zero-order chi connectivity index (χ0) is 18.2. The van der Waals surface area contributed by atoms with Gasteiger partial charge in [-0.3, -0.25) is 9.59 Å². The Morgan fingerprint density at radius 3 is 2.68 bits per heavy atom. The van der Waals surface area contributed by atoms with Crippen LogP contribution in [-0.4, -0.2) is 23.3 Å². The van der Waals surface area contributed by atoms with Crippen LogP contribution >= 0.6 is 0 Å². The molecule has 2 aromatic rings. The fourth-order valence-electron chi connectivity index (χ4n) is 3.35. The normalized spacial score (nSPS) is 19.0. The Hall–Kier alpha value is -2.72. The van der Waals surface area contributed by atoms with Gasteiger partial charge in [0, 0.05) is 17.7 Å². The lowest BCUT2D eigenvalue weighted by atomic mass is 9.87. The summed E-state index contributed by atoms with van der Waals surface area (Å²) in [4.78, 5) is 27.2. The molecule has 1 heterocycles. The number of ketones is 1. The van der Waals surface area contributed by atoms with Gasteiger partial charge in [0.1, 0.15) is 0 Å². The highest BCUT2D eigenvalue weighted by atomic mass is 16.3. The molecule has 1 aliphatic heterocycles. The van der Waals surface area contributed by atoms with E-state index in [0.717, 1.165) is 11.1 Å². The third-order valence-corrected chi connectivity index (χ3v) is 4.66. The van der Waals surface area contributed by atoms with Gasteiger partial charge in [0.2, 0.25) is 0 Å². The van der Waals surface area contributed by atoms with Gasteiger partial charge in [-0.15, -0.1) is 6.58 Å². The topological polar surface area (TPSA) is 57.6 Å². The Morgan fingerprint density at radius 2 is 1.96 bits per heavy atom. The number of aliphatic hydroxyl groups is 1. The predicted molar refractivity (Wildman–Crippen MR) is 97.8 cm³/mol. The molecule has 0 bridgehead atoms. The number of Topliss-reactive ketones (excluding diaryl/α,β-unsaturated/α-hetero) is 1. The van der Waals surface area contributed by atoms with Crippen molar-refractivity contribution < 1.29 is 14.7 Å². The molecule has 4 heteroatoms. The number of amides is 1. The number of benzene rings is 2. The molecular formula is C21H21NO3. The van der Waals surface area contributed by atoms with Gasteiger partial charge in [0.25, 0.3) is 5.91 Å². The highest BCUT2D eigenvalue weighted by Crippen LogP contribution is 2.42. The van der Waals surface area contributed by atoms with Crippen molar-refractivity contribution in [3.8, 4) is 0 Å². The summed E-state index contributed by atoms with van der Waals surface area (Å²) in [5, 5.41) is 11.2. The molecule has 0 fully saturated rings. The minimum absolute atomic E-state index is 0.243. The molecule has 128 valence electrons. The lowest BCUT2D eigenvalue weighted by Crippen LogP contribution is -2.42. The molecule has 1 N–H and O–H groups in total. The third kappa shape index (κ3) is 2.79. The minimum Gasteiger partial charge on any atom is -0.375 e. The molecule has 0 radical (unpaired) electrons. The summed E-state index contributed by atoms with van der Waals surface area (Å²) in [7, 11) is 0. The van der Waals surface area contributed by atoms with Crippen LogP contribution in [0, 0.1) is 13.8 Å². The van der Waals surface area contributed by atoms with E-state index in [9.17, 15) is 14.7 Å². The van der Waals surface area contributed by atoms with Crippen molar-refractivity contribution in [3.63, 3.8) is 0 Å². The SMILES string of the molecule is C=CCN1C(=O)C(O)(CC(=O)c2cc(C)ccc2C)c2ccccc21. The van der Waals surface area contributed by atoms with Gasteiger partial charge in [0.15, 0.2) is 11.4 Å². The van der Waals surface area contributed by atoms with Crippen LogP contribution in [0.5, 0.6) is 0 Å². The summed E-state index contributed by atoms with van der Waals surface area (Å²) in [6.45, 7) is 7.72. The number of carbonyl (C=O) groups is 2. The van der Waals surface area contributed by atoms with E-state index in [1.165, 1.54) is 4.90 Å². The maximum atomic E-state index is 12.9. The van der Waals surface area contributed by atoms with E-state index in [2.05, 4.69) is 6.58 Å². The van der Waals surface area contributed by atoms with Crippen LogP contribution in [-0.2, 0) is 10.4 Å². The first-order chi connectivity index (χ1) is 11.9. The van der Waals surface area contributed by atoms with Crippen LogP contribution in [0.1, 0.15) is 33.5 Å². The van der Waals surface area contributed by atoms with E-state index in [0.29, 0.717) is 16.8 Å². The zero-order valence-electron chi connectivity index (χ0n) is 14.5. The first-order valence-corrected chi connectivity index (χ1v) is 8.23. The predicted octanol–water partition coefficient (Wildman–Crippen LogP) is 3.30.